The number of carboxylic acid groups (broad SMARTS) is 1. The van der Waals surface area contributed by atoms with Crippen LogP contribution in [0.3, 0.4) is 0 Å². The summed E-state index contributed by atoms with van der Waals surface area (Å²) in [6, 6.07) is 0. The van der Waals surface area contributed by atoms with E-state index in [4.69, 9.17) is 0 Å². The smallest absolute Gasteiger partial charge is 0.157 e. The Bertz CT molecular complexity index is 318. The first-order valence-electron chi connectivity index (χ1n) is 5.07. The van der Waals surface area contributed by atoms with Gasteiger partial charge in [0.2, 0.25) is 0 Å². The Morgan fingerprint density at radius 1 is 1.53 bits per heavy atom. The van der Waals surface area contributed by atoms with Crippen molar-refractivity contribution < 1.29 is 14.7 Å². The maximum Gasteiger partial charge on any atom is 0.157 e. The molecule has 15 heavy (non-hydrogen) atoms. The standard InChI is InChI=1S/C11H17NO3/c1-4-12(10(14)15)8-5-9(13)7-11(2,3)6-8/h5H,4,6-7H2,1-3H3,(H,14,15)/p-1. The van der Waals surface area contributed by atoms with Crippen LogP contribution in [-0.4, -0.2) is 23.3 Å². The molecule has 1 aliphatic carbocycles. The summed E-state index contributed by atoms with van der Waals surface area (Å²) in [4.78, 5) is 23.3. The summed E-state index contributed by atoms with van der Waals surface area (Å²) in [5, 5.41) is 10.8. The van der Waals surface area contributed by atoms with Crippen molar-refractivity contribution in [3.05, 3.63) is 11.8 Å². The molecule has 0 saturated carbocycles. The Balaban J connectivity index is 2.94. The number of amides is 1. The first kappa shape index (κ1) is 11.8. The van der Waals surface area contributed by atoms with Crippen molar-refractivity contribution in [3.63, 3.8) is 0 Å². The molecule has 0 heterocycles. The SMILES string of the molecule is CCN(C(=O)[O-])C1=CC(=O)CC(C)(C)C1. The molecule has 0 aromatic carbocycles. The predicted molar refractivity (Wildman–Crippen MR) is 53.9 cm³/mol. The van der Waals surface area contributed by atoms with Gasteiger partial charge in [0.25, 0.3) is 0 Å². The normalized spacial score (nSPS) is 19.7. The van der Waals surface area contributed by atoms with Crippen LogP contribution in [0.15, 0.2) is 11.8 Å². The highest BCUT2D eigenvalue weighted by atomic mass is 16.4. The second-order valence-corrected chi connectivity index (χ2v) is 4.63. The number of carbonyl (C=O) groups excluding carboxylic acids is 2. The van der Waals surface area contributed by atoms with Gasteiger partial charge in [-0.05, 0) is 18.8 Å². The molecular weight excluding hydrogens is 194 g/mol. The van der Waals surface area contributed by atoms with E-state index in [1.165, 1.54) is 6.08 Å². The molecule has 0 aromatic heterocycles. The molecule has 0 spiro atoms. The lowest BCUT2D eigenvalue weighted by Crippen LogP contribution is -2.42. The van der Waals surface area contributed by atoms with Crippen LogP contribution in [-0.2, 0) is 4.79 Å². The molecule has 0 saturated heterocycles. The van der Waals surface area contributed by atoms with Crippen LogP contribution < -0.4 is 5.11 Å². The zero-order chi connectivity index (χ0) is 11.6. The van der Waals surface area contributed by atoms with E-state index in [0.29, 0.717) is 25.1 Å². The second kappa shape index (κ2) is 4.04. The summed E-state index contributed by atoms with van der Waals surface area (Å²) in [7, 11) is 0. The Kier molecular flexibility index (Phi) is 3.17. The zero-order valence-corrected chi connectivity index (χ0v) is 9.37. The molecule has 0 bridgehead atoms. The molecule has 0 unspecified atom stereocenters. The number of rotatable bonds is 2. The fourth-order valence-electron chi connectivity index (χ4n) is 1.94. The maximum absolute atomic E-state index is 11.4. The van der Waals surface area contributed by atoms with Crippen LogP contribution in [0.5, 0.6) is 0 Å². The minimum absolute atomic E-state index is 0.0130. The van der Waals surface area contributed by atoms with Crippen molar-refractivity contribution in [1.82, 2.24) is 4.90 Å². The third-order valence-corrected chi connectivity index (χ3v) is 2.52. The van der Waals surface area contributed by atoms with E-state index >= 15 is 0 Å². The van der Waals surface area contributed by atoms with Gasteiger partial charge < -0.3 is 14.8 Å². The van der Waals surface area contributed by atoms with Crippen LogP contribution >= 0.6 is 0 Å². The largest absolute Gasteiger partial charge is 0.530 e. The summed E-state index contributed by atoms with van der Waals surface area (Å²) in [6.45, 7) is 5.96. The molecule has 84 valence electrons. The van der Waals surface area contributed by atoms with Crippen molar-refractivity contribution in [2.24, 2.45) is 5.41 Å². The quantitative estimate of drug-likeness (QED) is 0.681. The summed E-state index contributed by atoms with van der Waals surface area (Å²) >= 11 is 0. The van der Waals surface area contributed by atoms with Crippen molar-refractivity contribution in [3.8, 4) is 0 Å². The Labute approximate surface area is 89.6 Å². The first-order chi connectivity index (χ1) is 6.85. The van der Waals surface area contributed by atoms with E-state index in [1.54, 1.807) is 6.92 Å². The van der Waals surface area contributed by atoms with E-state index in [1.807, 2.05) is 13.8 Å². The van der Waals surface area contributed by atoms with E-state index in [2.05, 4.69) is 0 Å². The number of hydrogen-bond acceptors (Lipinski definition) is 3. The highest BCUT2D eigenvalue weighted by Gasteiger charge is 2.29. The lowest BCUT2D eigenvalue weighted by atomic mass is 9.78. The Morgan fingerprint density at radius 2 is 2.13 bits per heavy atom. The molecule has 1 aliphatic rings. The third kappa shape index (κ3) is 2.81. The van der Waals surface area contributed by atoms with Crippen LogP contribution in [0.1, 0.15) is 33.6 Å². The minimum Gasteiger partial charge on any atom is -0.530 e. The van der Waals surface area contributed by atoms with Crippen LogP contribution in [0.25, 0.3) is 0 Å². The minimum atomic E-state index is -1.24. The number of allylic oxidation sites excluding steroid dienone is 2. The highest BCUT2D eigenvalue weighted by Crippen LogP contribution is 2.34. The summed E-state index contributed by atoms with van der Waals surface area (Å²) in [5.74, 6) is -0.0130. The molecule has 1 rings (SSSR count). The first-order valence-corrected chi connectivity index (χ1v) is 5.07. The van der Waals surface area contributed by atoms with Crippen molar-refractivity contribution in [2.75, 3.05) is 6.54 Å². The zero-order valence-electron chi connectivity index (χ0n) is 9.37. The molecule has 0 radical (unpaired) electrons. The number of nitrogens with zero attached hydrogens (tertiary/aromatic N) is 1. The van der Waals surface area contributed by atoms with Crippen molar-refractivity contribution in [2.45, 2.75) is 33.6 Å². The van der Waals surface area contributed by atoms with Gasteiger partial charge in [-0.1, -0.05) is 13.8 Å². The van der Waals surface area contributed by atoms with Gasteiger partial charge in [-0.15, -0.1) is 0 Å². The fraction of sp³-hybridized carbons (Fsp3) is 0.636. The third-order valence-electron chi connectivity index (χ3n) is 2.52. The molecular formula is C11H16NO3-. The predicted octanol–water partition coefficient (Wildman–Crippen LogP) is 0.925. The van der Waals surface area contributed by atoms with Crippen molar-refractivity contribution in [1.29, 1.82) is 0 Å². The Morgan fingerprint density at radius 3 is 2.53 bits per heavy atom. The average Bonchev–Trinajstić information content (AvgIpc) is 1.99. The molecule has 0 atom stereocenters. The van der Waals surface area contributed by atoms with E-state index in [0.717, 1.165) is 4.90 Å². The summed E-state index contributed by atoms with van der Waals surface area (Å²) in [5.41, 5.74) is 0.392. The van der Waals surface area contributed by atoms with E-state index in [9.17, 15) is 14.7 Å². The lowest BCUT2D eigenvalue weighted by molar-refractivity contribution is -0.263. The molecule has 0 aromatic rings. The molecule has 1 amide bonds. The maximum atomic E-state index is 11.4. The number of ketones is 1. The fourth-order valence-corrected chi connectivity index (χ4v) is 1.94. The number of carbonyl (C=O) groups is 2. The Hall–Kier alpha value is -1.32. The van der Waals surface area contributed by atoms with Gasteiger partial charge in [0.05, 0.1) is 0 Å². The van der Waals surface area contributed by atoms with Gasteiger partial charge in [0.1, 0.15) is 6.09 Å². The topological polar surface area (TPSA) is 60.4 Å². The van der Waals surface area contributed by atoms with Crippen LogP contribution in [0.2, 0.25) is 0 Å². The van der Waals surface area contributed by atoms with Gasteiger partial charge in [-0.25, -0.2) is 0 Å². The van der Waals surface area contributed by atoms with Crippen LogP contribution in [0, 0.1) is 5.41 Å². The highest BCUT2D eigenvalue weighted by molar-refractivity contribution is 5.92. The molecule has 4 heteroatoms. The van der Waals surface area contributed by atoms with E-state index < -0.39 is 6.09 Å². The summed E-state index contributed by atoms with van der Waals surface area (Å²) < 4.78 is 0. The van der Waals surface area contributed by atoms with Gasteiger partial charge in [-0.2, -0.15) is 0 Å². The van der Waals surface area contributed by atoms with E-state index in [-0.39, 0.29) is 11.2 Å². The second-order valence-electron chi connectivity index (χ2n) is 4.63. The summed E-state index contributed by atoms with van der Waals surface area (Å²) in [6.07, 6.45) is 1.25. The monoisotopic (exact) mass is 210 g/mol. The molecule has 0 aliphatic heterocycles. The average molecular weight is 210 g/mol. The lowest BCUT2D eigenvalue weighted by Gasteiger charge is -2.35. The van der Waals surface area contributed by atoms with Crippen molar-refractivity contribution >= 4 is 11.9 Å². The van der Waals surface area contributed by atoms with Gasteiger partial charge in [0, 0.05) is 24.7 Å². The number of hydrogen-bond donors (Lipinski definition) is 0. The van der Waals surface area contributed by atoms with Gasteiger partial charge >= 0.3 is 0 Å². The van der Waals surface area contributed by atoms with Gasteiger partial charge in [-0.3, -0.25) is 4.79 Å². The van der Waals surface area contributed by atoms with Gasteiger partial charge in [0.15, 0.2) is 5.78 Å². The molecule has 0 fully saturated rings. The van der Waals surface area contributed by atoms with Crippen LogP contribution in [0.4, 0.5) is 4.79 Å². The molecule has 0 N–H and O–H groups in total. The molecule has 4 nitrogen and oxygen atoms in total.